The Labute approximate surface area is 111 Å². The van der Waals surface area contributed by atoms with Crippen molar-refractivity contribution < 1.29 is 14.3 Å². The van der Waals surface area contributed by atoms with Crippen LogP contribution in [0.1, 0.15) is 10.4 Å². The first-order valence-corrected chi connectivity index (χ1v) is 5.78. The van der Waals surface area contributed by atoms with Crippen molar-refractivity contribution in [2.75, 3.05) is 32.4 Å². The summed E-state index contributed by atoms with van der Waals surface area (Å²) in [4.78, 5) is 24.5. The number of hydrogen-bond donors (Lipinski definition) is 1. The Kier molecular flexibility index (Phi) is 4.97. The van der Waals surface area contributed by atoms with Crippen LogP contribution in [-0.2, 0) is 4.79 Å². The van der Waals surface area contributed by atoms with E-state index in [-0.39, 0.29) is 17.7 Å². The predicted octanol–water partition coefficient (Wildman–Crippen LogP) is 1.57. The highest BCUT2D eigenvalue weighted by Gasteiger charge is 2.13. The number of benzene rings is 1. The molecule has 0 spiro atoms. The van der Waals surface area contributed by atoms with E-state index in [1.807, 2.05) is 0 Å². The van der Waals surface area contributed by atoms with Gasteiger partial charge in [-0.3, -0.25) is 9.59 Å². The Morgan fingerprint density at radius 3 is 2.56 bits per heavy atom. The van der Waals surface area contributed by atoms with E-state index in [2.05, 4.69) is 5.32 Å². The van der Waals surface area contributed by atoms with Crippen molar-refractivity contribution in [3.8, 4) is 5.75 Å². The second kappa shape index (κ2) is 6.26. The zero-order valence-electron chi connectivity index (χ0n) is 10.5. The van der Waals surface area contributed by atoms with Gasteiger partial charge in [0.1, 0.15) is 11.6 Å². The molecule has 5 nitrogen and oxygen atoms in total. The predicted molar refractivity (Wildman–Crippen MR) is 70.4 cm³/mol. The van der Waals surface area contributed by atoms with Crippen LogP contribution in [-0.4, -0.2) is 43.8 Å². The smallest absolute Gasteiger partial charge is 0.253 e. The molecule has 1 aromatic carbocycles. The minimum absolute atomic E-state index is 0.154. The average molecular weight is 271 g/mol. The van der Waals surface area contributed by atoms with E-state index in [1.165, 1.54) is 12.0 Å². The molecule has 0 aliphatic rings. The average Bonchev–Trinajstić information content (AvgIpc) is 2.37. The van der Waals surface area contributed by atoms with E-state index in [1.54, 1.807) is 32.3 Å². The Morgan fingerprint density at radius 1 is 1.39 bits per heavy atom. The first-order valence-electron chi connectivity index (χ1n) is 5.25. The number of nitrogens with zero attached hydrogens (tertiary/aromatic N) is 1. The van der Waals surface area contributed by atoms with Crippen LogP contribution in [0.25, 0.3) is 0 Å². The molecule has 1 N–H and O–H groups in total. The Hall–Kier alpha value is -1.75. The highest BCUT2D eigenvalue weighted by molar-refractivity contribution is 6.29. The molecule has 2 amide bonds. The van der Waals surface area contributed by atoms with Crippen LogP contribution in [0.2, 0.25) is 0 Å². The first-order chi connectivity index (χ1) is 8.49. The van der Waals surface area contributed by atoms with Crippen molar-refractivity contribution in [3.05, 3.63) is 23.8 Å². The summed E-state index contributed by atoms with van der Waals surface area (Å²) in [6, 6.07) is 4.82. The van der Waals surface area contributed by atoms with E-state index >= 15 is 0 Å². The molecule has 0 heterocycles. The molecule has 0 aliphatic carbocycles. The maximum Gasteiger partial charge on any atom is 0.253 e. The summed E-state index contributed by atoms with van der Waals surface area (Å²) in [6.45, 7) is 0. The van der Waals surface area contributed by atoms with Gasteiger partial charge in [-0.2, -0.15) is 0 Å². The van der Waals surface area contributed by atoms with Crippen LogP contribution < -0.4 is 10.1 Å². The van der Waals surface area contributed by atoms with Crippen LogP contribution in [0, 0.1) is 0 Å². The number of anilines is 1. The van der Waals surface area contributed by atoms with E-state index in [0.717, 1.165) is 0 Å². The van der Waals surface area contributed by atoms with Crippen LogP contribution >= 0.6 is 11.6 Å². The molecular formula is C12H15ClN2O3. The molecule has 98 valence electrons. The van der Waals surface area contributed by atoms with Crippen LogP contribution in [0.15, 0.2) is 18.2 Å². The van der Waals surface area contributed by atoms with Gasteiger partial charge in [0.05, 0.1) is 12.8 Å². The highest BCUT2D eigenvalue weighted by Crippen LogP contribution is 2.25. The van der Waals surface area contributed by atoms with Gasteiger partial charge < -0.3 is 15.0 Å². The summed E-state index contributed by atoms with van der Waals surface area (Å²) < 4.78 is 5.10. The largest absolute Gasteiger partial charge is 0.495 e. The SMILES string of the molecule is COc1ccc(C(=O)N(C)C)cc1NC(=O)CCl. The number of nitrogens with one attached hydrogen (secondary N) is 1. The number of alkyl halides is 1. The summed E-state index contributed by atoms with van der Waals surface area (Å²) in [5.41, 5.74) is 0.890. The summed E-state index contributed by atoms with van der Waals surface area (Å²) >= 11 is 5.42. The fraction of sp³-hybridized carbons (Fsp3) is 0.333. The molecule has 18 heavy (non-hydrogen) atoms. The number of amides is 2. The molecule has 0 atom stereocenters. The topological polar surface area (TPSA) is 58.6 Å². The van der Waals surface area contributed by atoms with Crippen molar-refractivity contribution in [2.24, 2.45) is 0 Å². The van der Waals surface area contributed by atoms with Gasteiger partial charge in [0.2, 0.25) is 5.91 Å². The fourth-order valence-electron chi connectivity index (χ4n) is 1.38. The van der Waals surface area contributed by atoms with E-state index < -0.39 is 0 Å². The van der Waals surface area contributed by atoms with E-state index in [4.69, 9.17) is 16.3 Å². The van der Waals surface area contributed by atoms with Gasteiger partial charge in [0.15, 0.2) is 0 Å². The third kappa shape index (κ3) is 3.37. The molecule has 0 radical (unpaired) electrons. The normalized spacial score (nSPS) is 9.78. The Bertz CT molecular complexity index is 461. The molecule has 1 rings (SSSR count). The van der Waals surface area contributed by atoms with Crippen molar-refractivity contribution in [1.82, 2.24) is 4.90 Å². The van der Waals surface area contributed by atoms with Gasteiger partial charge in [0, 0.05) is 19.7 Å². The molecule has 0 aliphatic heterocycles. The monoisotopic (exact) mass is 270 g/mol. The third-order valence-corrected chi connectivity index (χ3v) is 2.49. The quantitative estimate of drug-likeness (QED) is 0.845. The van der Waals surface area contributed by atoms with Gasteiger partial charge in [0.25, 0.3) is 5.91 Å². The van der Waals surface area contributed by atoms with Gasteiger partial charge in [-0.25, -0.2) is 0 Å². The molecule has 0 fully saturated rings. The van der Waals surface area contributed by atoms with Gasteiger partial charge >= 0.3 is 0 Å². The molecule has 0 saturated carbocycles. The van der Waals surface area contributed by atoms with Crippen molar-refractivity contribution in [2.45, 2.75) is 0 Å². The first kappa shape index (κ1) is 14.3. The van der Waals surface area contributed by atoms with E-state index in [0.29, 0.717) is 17.0 Å². The third-order valence-electron chi connectivity index (χ3n) is 2.25. The summed E-state index contributed by atoms with van der Waals surface area (Å²) in [5.74, 6) is -0.193. The second-order valence-electron chi connectivity index (χ2n) is 3.80. The number of carbonyl (C=O) groups is 2. The number of rotatable bonds is 4. The van der Waals surface area contributed by atoms with E-state index in [9.17, 15) is 9.59 Å². The maximum absolute atomic E-state index is 11.8. The van der Waals surface area contributed by atoms with Crippen molar-refractivity contribution >= 4 is 29.1 Å². The number of halogens is 1. The van der Waals surface area contributed by atoms with Gasteiger partial charge in [-0.1, -0.05) is 0 Å². The van der Waals surface area contributed by atoms with Crippen LogP contribution in [0.3, 0.4) is 0 Å². The maximum atomic E-state index is 11.8. The molecular weight excluding hydrogens is 256 g/mol. The lowest BCUT2D eigenvalue weighted by Crippen LogP contribution is -2.22. The highest BCUT2D eigenvalue weighted by atomic mass is 35.5. The fourth-order valence-corrected chi connectivity index (χ4v) is 1.45. The lowest BCUT2D eigenvalue weighted by atomic mass is 10.1. The standard InChI is InChI=1S/C12H15ClN2O3/c1-15(2)12(17)8-4-5-10(18-3)9(6-8)14-11(16)7-13/h4-6H,7H2,1-3H3,(H,14,16). The molecule has 6 heteroatoms. The Balaban J connectivity index is 3.09. The number of methoxy groups -OCH3 is 1. The Morgan fingerprint density at radius 2 is 2.06 bits per heavy atom. The minimum Gasteiger partial charge on any atom is -0.495 e. The van der Waals surface area contributed by atoms with Gasteiger partial charge in [-0.15, -0.1) is 11.6 Å². The van der Waals surface area contributed by atoms with Crippen LogP contribution in [0.5, 0.6) is 5.75 Å². The molecule has 0 unspecified atom stereocenters. The summed E-state index contributed by atoms with van der Waals surface area (Å²) in [5, 5.41) is 2.58. The van der Waals surface area contributed by atoms with Gasteiger partial charge in [-0.05, 0) is 18.2 Å². The molecule has 0 saturated heterocycles. The zero-order valence-corrected chi connectivity index (χ0v) is 11.2. The lowest BCUT2D eigenvalue weighted by Gasteiger charge is -2.14. The number of hydrogen-bond acceptors (Lipinski definition) is 3. The van der Waals surface area contributed by atoms with Crippen molar-refractivity contribution in [3.63, 3.8) is 0 Å². The summed E-state index contributed by atoms with van der Waals surface area (Å²) in [6.07, 6.45) is 0. The second-order valence-corrected chi connectivity index (χ2v) is 4.06. The molecule has 0 aromatic heterocycles. The molecule has 0 bridgehead atoms. The lowest BCUT2D eigenvalue weighted by molar-refractivity contribution is -0.113. The molecule has 1 aromatic rings. The summed E-state index contributed by atoms with van der Waals surface area (Å²) in [7, 11) is 4.80. The van der Waals surface area contributed by atoms with Crippen LogP contribution in [0.4, 0.5) is 5.69 Å². The number of ether oxygens (including phenoxy) is 1. The van der Waals surface area contributed by atoms with Crippen molar-refractivity contribution in [1.29, 1.82) is 0 Å². The minimum atomic E-state index is -0.357. The zero-order chi connectivity index (χ0) is 13.7. The number of carbonyl (C=O) groups excluding carboxylic acids is 2.